The van der Waals surface area contributed by atoms with Gasteiger partial charge in [-0.15, -0.1) is 0 Å². The molecule has 0 aromatic heterocycles. The van der Waals surface area contributed by atoms with Gasteiger partial charge in [0.2, 0.25) is 0 Å². The van der Waals surface area contributed by atoms with Crippen molar-refractivity contribution >= 4 is 17.7 Å². The van der Waals surface area contributed by atoms with Crippen molar-refractivity contribution in [3.05, 3.63) is 50.9 Å². The Bertz CT molecular complexity index is 430. The van der Waals surface area contributed by atoms with Crippen molar-refractivity contribution in [1.82, 2.24) is 0 Å². The molecule has 0 unspecified atom stereocenters. The molecule has 3 nitrogen and oxygen atoms in total. The molecule has 0 fully saturated rings. The van der Waals surface area contributed by atoms with Crippen molar-refractivity contribution in [1.29, 1.82) is 0 Å². The molecule has 1 aromatic carbocycles. The second-order valence-electron chi connectivity index (χ2n) is 2.94. The zero-order chi connectivity index (χ0) is 12.0. The number of halogens is 3. The van der Waals surface area contributed by atoms with Gasteiger partial charge in [-0.25, -0.2) is 8.78 Å². The molecule has 6 heteroatoms. The van der Waals surface area contributed by atoms with Crippen molar-refractivity contribution in [3.8, 4) is 0 Å². The van der Waals surface area contributed by atoms with E-state index in [9.17, 15) is 8.78 Å². The largest absolute Gasteiger partial charge is 0.205 e. The summed E-state index contributed by atoms with van der Waals surface area (Å²) in [5.41, 5.74) is 8.38. The van der Waals surface area contributed by atoms with Crippen LogP contribution in [0.4, 0.5) is 8.78 Å². The molecule has 84 valence electrons. The Morgan fingerprint density at radius 2 is 2.00 bits per heavy atom. The Hall–Kier alpha value is -1.58. The van der Waals surface area contributed by atoms with Crippen LogP contribution in [-0.2, 0) is 0 Å². The third-order valence-electron chi connectivity index (χ3n) is 1.78. The van der Waals surface area contributed by atoms with Crippen molar-refractivity contribution < 1.29 is 8.78 Å². The van der Waals surface area contributed by atoms with E-state index in [4.69, 9.17) is 17.1 Å². The molecule has 0 atom stereocenters. The summed E-state index contributed by atoms with van der Waals surface area (Å²) in [6.07, 6.45) is 3.71. The molecule has 0 amide bonds. The average Bonchev–Trinajstić information content (AvgIpc) is 2.25. The number of nitrogens with zero attached hydrogens (tertiary/aromatic N) is 3. The maximum atomic E-state index is 13.0. The topological polar surface area (TPSA) is 48.8 Å². The van der Waals surface area contributed by atoms with Crippen LogP contribution in [0.5, 0.6) is 0 Å². The summed E-state index contributed by atoms with van der Waals surface area (Å²) in [6.45, 7) is 0.311. The van der Waals surface area contributed by atoms with E-state index >= 15 is 0 Å². The Morgan fingerprint density at radius 1 is 1.38 bits per heavy atom. The van der Waals surface area contributed by atoms with Gasteiger partial charge in [0.1, 0.15) is 16.7 Å². The zero-order valence-corrected chi connectivity index (χ0v) is 8.96. The van der Waals surface area contributed by atoms with E-state index in [0.717, 1.165) is 12.1 Å². The van der Waals surface area contributed by atoms with Crippen LogP contribution in [0.15, 0.2) is 23.3 Å². The van der Waals surface area contributed by atoms with Gasteiger partial charge >= 0.3 is 0 Å². The highest BCUT2D eigenvalue weighted by atomic mass is 35.5. The lowest BCUT2D eigenvalue weighted by Crippen LogP contribution is -1.85. The van der Waals surface area contributed by atoms with Crippen LogP contribution in [0.3, 0.4) is 0 Å². The molecular formula is C10H8ClF2N3. The summed E-state index contributed by atoms with van der Waals surface area (Å²) in [4.78, 5) is 2.57. The number of hydrogen-bond acceptors (Lipinski definition) is 1. The van der Waals surface area contributed by atoms with E-state index in [2.05, 4.69) is 10.0 Å². The maximum Gasteiger partial charge on any atom is 0.145 e. The Balaban J connectivity index is 2.71. The third kappa shape index (κ3) is 3.53. The van der Waals surface area contributed by atoms with Crippen molar-refractivity contribution in [2.45, 2.75) is 6.42 Å². The minimum Gasteiger partial charge on any atom is -0.205 e. The van der Waals surface area contributed by atoms with E-state index in [1.54, 1.807) is 6.08 Å². The highest BCUT2D eigenvalue weighted by Gasteiger charge is 2.06. The second kappa shape index (κ2) is 6.10. The summed E-state index contributed by atoms with van der Waals surface area (Å²) >= 11 is 5.32. The first-order valence-electron chi connectivity index (χ1n) is 4.47. The summed E-state index contributed by atoms with van der Waals surface area (Å²) in [5, 5.41) is 2.80. The monoisotopic (exact) mass is 243 g/mol. The van der Waals surface area contributed by atoms with Gasteiger partial charge in [-0.2, -0.15) is 0 Å². The molecule has 0 aliphatic carbocycles. The fourth-order valence-electron chi connectivity index (χ4n) is 1.07. The van der Waals surface area contributed by atoms with Gasteiger partial charge in [0, 0.05) is 11.5 Å². The van der Waals surface area contributed by atoms with Crippen LogP contribution < -0.4 is 0 Å². The predicted octanol–water partition coefficient (Wildman–Crippen LogP) is 4.33. The van der Waals surface area contributed by atoms with Gasteiger partial charge in [0.05, 0.1) is 0 Å². The van der Waals surface area contributed by atoms with Crippen LogP contribution in [0.1, 0.15) is 12.0 Å². The van der Waals surface area contributed by atoms with Crippen LogP contribution in [0.2, 0.25) is 5.02 Å². The molecule has 0 heterocycles. The summed E-state index contributed by atoms with van der Waals surface area (Å²) in [5.74, 6) is -1.59. The number of azide groups is 1. The predicted molar refractivity (Wildman–Crippen MR) is 59.0 cm³/mol. The van der Waals surface area contributed by atoms with Gasteiger partial charge in [0.15, 0.2) is 0 Å². The first-order valence-corrected chi connectivity index (χ1v) is 4.85. The summed E-state index contributed by atoms with van der Waals surface area (Å²) in [7, 11) is 0. The fraction of sp³-hybridized carbons (Fsp3) is 0.200. The second-order valence-corrected chi connectivity index (χ2v) is 3.32. The zero-order valence-electron chi connectivity index (χ0n) is 8.20. The molecule has 1 rings (SSSR count). The summed E-state index contributed by atoms with van der Waals surface area (Å²) in [6, 6.07) is 2.27. The van der Waals surface area contributed by atoms with Gasteiger partial charge < -0.3 is 0 Å². The number of benzene rings is 1. The Morgan fingerprint density at radius 3 is 2.56 bits per heavy atom. The van der Waals surface area contributed by atoms with E-state index in [-0.39, 0.29) is 0 Å². The highest BCUT2D eigenvalue weighted by molar-refractivity contribution is 6.30. The van der Waals surface area contributed by atoms with Crippen LogP contribution >= 0.6 is 11.6 Å². The van der Waals surface area contributed by atoms with Gasteiger partial charge in [-0.1, -0.05) is 28.9 Å². The molecular weight excluding hydrogens is 236 g/mol. The molecule has 0 N–H and O–H groups in total. The van der Waals surface area contributed by atoms with E-state index < -0.39 is 16.7 Å². The lowest BCUT2D eigenvalue weighted by Gasteiger charge is -1.98. The molecule has 0 aliphatic rings. The highest BCUT2D eigenvalue weighted by Crippen LogP contribution is 2.21. The first-order chi connectivity index (χ1) is 7.65. The fourth-order valence-corrected chi connectivity index (χ4v) is 1.18. The first kappa shape index (κ1) is 12.5. The lowest BCUT2D eigenvalue weighted by molar-refractivity contribution is 0.583. The molecule has 16 heavy (non-hydrogen) atoms. The number of rotatable bonds is 4. The van der Waals surface area contributed by atoms with E-state index in [1.807, 2.05) is 0 Å². The smallest absolute Gasteiger partial charge is 0.145 e. The third-order valence-corrected chi connectivity index (χ3v) is 2.14. The van der Waals surface area contributed by atoms with Gasteiger partial charge in [-0.05, 0) is 29.6 Å². The number of hydrogen-bond donors (Lipinski definition) is 0. The van der Waals surface area contributed by atoms with Crippen LogP contribution in [0, 0.1) is 11.6 Å². The van der Waals surface area contributed by atoms with E-state index in [0.29, 0.717) is 18.5 Å². The standard InChI is InChI=1S/C10H8ClF2N3/c11-10-8(12)5-7(6-9(10)13)3-1-2-4-15-16-14/h1,3,5-6H,2,4H2. The molecule has 0 saturated carbocycles. The molecule has 0 radical (unpaired) electrons. The quantitative estimate of drug-likeness (QED) is 0.248. The molecule has 0 spiro atoms. The lowest BCUT2D eigenvalue weighted by atomic mass is 10.2. The van der Waals surface area contributed by atoms with Crippen LogP contribution in [-0.4, -0.2) is 6.54 Å². The Labute approximate surface area is 96.0 Å². The van der Waals surface area contributed by atoms with Crippen molar-refractivity contribution in [2.75, 3.05) is 6.54 Å². The summed E-state index contributed by atoms with van der Waals surface area (Å²) < 4.78 is 26.0. The molecule has 1 aromatic rings. The minimum atomic E-state index is -0.795. The normalized spacial score (nSPS) is 10.4. The molecule has 0 bridgehead atoms. The van der Waals surface area contributed by atoms with Crippen molar-refractivity contribution in [3.63, 3.8) is 0 Å². The van der Waals surface area contributed by atoms with E-state index in [1.165, 1.54) is 6.08 Å². The van der Waals surface area contributed by atoms with Crippen molar-refractivity contribution in [2.24, 2.45) is 5.11 Å². The molecule has 0 aliphatic heterocycles. The van der Waals surface area contributed by atoms with Gasteiger partial charge in [0.25, 0.3) is 0 Å². The molecule has 0 saturated heterocycles. The van der Waals surface area contributed by atoms with Crippen LogP contribution in [0.25, 0.3) is 16.5 Å². The average molecular weight is 244 g/mol. The minimum absolute atomic E-state index is 0.311. The maximum absolute atomic E-state index is 13.0. The van der Waals surface area contributed by atoms with Gasteiger partial charge in [-0.3, -0.25) is 0 Å². The Kier molecular flexibility index (Phi) is 4.76. The SMILES string of the molecule is [N-]=[N+]=NCCC=Cc1cc(F)c(Cl)c(F)c1.